The predicted molar refractivity (Wildman–Crippen MR) is 97.2 cm³/mol. The second-order valence-corrected chi connectivity index (χ2v) is 6.75. The Morgan fingerprint density at radius 1 is 1.32 bits per heavy atom. The maximum Gasteiger partial charge on any atom is 0.258 e. The van der Waals surface area contributed by atoms with Crippen molar-refractivity contribution in [2.45, 2.75) is 6.54 Å². The standard InChI is InChI=1S/C17H18N4O3S/c18-9-13-7-11(10-24-13)16(22)19-12-1-2-14-15(8-12)25-17(20-14)21-3-5-23-6-4-21/h1-2,7-8,10H,3-6,9,18H2,(H,19,22). The van der Waals surface area contributed by atoms with Crippen LogP contribution in [-0.2, 0) is 11.3 Å². The Balaban J connectivity index is 1.53. The molecule has 7 nitrogen and oxygen atoms in total. The quantitative estimate of drug-likeness (QED) is 0.744. The van der Waals surface area contributed by atoms with Gasteiger partial charge >= 0.3 is 0 Å². The number of ether oxygens (including phenoxy) is 1. The number of nitrogens with zero attached hydrogens (tertiary/aromatic N) is 2. The molecule has 0 spiro atoms. The molecule has 0 aliphatic carbocycles. The Bertz CT molecular complexity index is 898. The van der Waals surface area contributed by atoms with Gasteiger partial charge in [0.1, 0.15) is 12.0 Å². The average molecular weight is 358 g/mol. The largest absolute Gasteiger partial charge is 0.467 e. The highest BCUT2D eigenvalue weighted by molar-refractivity contribution is 7.22. The van der Waals surface area contributed by atoms with E-state index in [9.17, 15) is 4.79 Å². The molecule has 4 rings (SSSR count). The van der Waals surface area contributed by atoms with E-state index in [1.165, 1.54) is 6.26 Å². The summed E-state index contributed by atoms with van der Waals surface area (Å²) in [6.45, 7) is 3.44. The number of carbonyl (C=O) groups excluding carboxylic acids is 1. The van der Waals surface area contributed by atoms with Crippen LogP contribution >= 0.6 is 11.3 Å². The number of aromatic nitrogens is 1. The lowest BCUT2D eigenvalue weighted by Crippen LogP contribution is -2.36. The van der Waals surface area contributed by atoms with E-state index in [1.54, 1.807) is 17.4 Å². The first kappa shape index (κ1) is 16.1. The van der Waals surface area contributed by atoms with Gasteiger partial charge in [-0.15, -0.1) is 0 Å². The summed E-state index contributed by atoms with van der Waals surface area (Å²) in [6.07, 6.45) is 1.42. The van der Waals surface area contributed by atoms with E-state index in [4.69, 9.17) is 14.9 Å². The van der Waals surface area contributed by atoms with E-state index in [2.05, 4.69) is 15.2 Å². The van der Waals surface area contributed by atoms with Crippen LogP contribution in [0.3, 0.4) is 0 Å². The van der Waals surface area contributed by atoms with Crippen LogP contribution < -0.4 is 16.0 Å². The average Bonchev–Trinajstić information content (AvgIpc) is 3.29. The molecule has 1 amide bonds. The SMILES string of the molecule is NCc1cc(C(=O)Nc2ccc3nc(N4CCOCC4)sc3c2)co1. The molecule has 1 aliphatic heterocycles. The fourth-order valence-corrected chi connectivity index (χ4v) is 3.75. The number of thiazole rings is 1. The fourth-order valence-electron chi connectivity index (χ4n) is 2.69. The van der Waals surface area contributed by atoms with Gasteiger partial charge in [-0.2, -0.15) is 0 Å². The summed E-state index contributed by atoms with van der Waals surface area (Å²) in [6, 6.07) is 7.37. The summed E-state index contributed by atoms with van der Waals surface area (Å²) in [7, 11) is 0. The zero-order valence-corrected chi connectivity index (χ0v) is 14.3. The molecule has 130 valence electrons. The molecule has 0 bridgehead atoms. The third kappa shape index (κ3) is 3.37. The first-order valence-electron chi connectivity index (χ1n) is 8.05. The van der Waals surface area contributed by atoms with Crippen molar-refractivity contribution in [1.82, 2.24) is 4.98 Å². The van der Waals surface area contributed by atoms with Crippen molar-refractivity contribution in [3.63, 3.8) is 0 Å². The zero-order chi connectivity index (χ0) is 17.2. The minimum atomic E-state index is -0.222. The van der Waals surface area contributed by atoms with Crippen LogP contribution in [0.4, 0.5) is 10.8 Å². The molecular formula is C17H18N4O3S. The van der Waals surface area contributed by atoms with Gasteiger partial charge in [0, 0.05) is 18.8 Å². The molecule has 0 unspecified atom stereocenters. The lowest BCUT2D eigenvalue weighted by Gasteiger charge is -2.25. The molecule has 3 aromatic rings. The highest BCUT2D eigenvalue weighted by Crippen LogP contribution is 2.31. The van der Waals surface area contributed by atoms with Crippen molar-refractivity contribution >= 4 is 38.3 Å². The lowest BCUT2D eigenvalue weighted by atomic mass is 10.2. The molecule has 25 heavy (non-hydrogen) atoms. The maximum atomic E-state index is 12.3. The molecule has 0 saturated carbocycles. The van der Waals surface area contributed by atoms with Gasteiger partial charge in [0.15, 0.2) is 5.13 Å². The van der Waals surface area contributed by atoms with Crippen molar-refractivity contribution in [1.29, 1.82) is 0 Å². The Hall–Kier alpha value is -2.42. The minimum Gasteiger partial charge on any atom is -0.467 e. The molecular weight excluding hydrogens is 340 g/mol. The van der Waals surface area contributed by atoms with Gasteiger partial charge in [0.25, 0.3) is 5.91 Å². The predicted octanol–water partition coefficient (Wildman–Crippen LogP) is 2.44. The van der Waals surface area contributed by atoms with Crippen LogP contribution in [0, 0.1) is 0 Å². The first-order valence-corrected chi connectivity index (χ1v) is 8.87. The number of amides is 1. The summed E-state index contributed by atoms with van der Waals surface area (Å²) < 4.78 is 11.6. The minimum absolute atomic E-state index is 0.222. The van der Waals surface area contributed by atoms with Crippen molar-refractivity contribution in [3.8, 4) is 0 Å². The lowest BCUT2D eigenvalue weighted by molar-refractivity contribution is 0.102. The van der Waals surface area contributed by atoms with Gasteiger partial charge in [-0.3, -0.25) is 4.79 Å². The monoisotopic (exact) mass is 358 g/mol. The van der Waals surface area contributed by atoms with Crippen molar-refractivity contribution < 1.29 is 13.9 Å². The Kier molecular flexibility index (Phi) is 4.39. The number of fused-ring (bicyclic) bond motifs is 1. The maximum absolute atomic E-state index is 12.3. The van der Waals surface area contributed by atoms with Gasteiger partial charge in [-0.25, -0.2) is 4.98 Å². The third-order valence-corrected chi connectivity index (χ3v) is 5.11. The Labute approximate surface area is 148 Å². The number of hydrogen-bond acceptors (Lipinski definition) is 7. The molecule has 3 N–H and O–H groups in total. The van der Waals surface area contributed by atoms with Crippen LogP contribution in [0.5, 0.6) is 0 Å². The summed E-state index contributed by atoms with van der Waals surface area (Å²) >= 11 is 1.62. The van der Waals surface area contributed by atoms with Gasteiger partial charge < -0.3 is 25.1 Å². The van der Waals surface area contributed by atoms with Gasteiger partial charge in [-0.05, 0) is 24.3 Å². The van der Waals surface area contributed by atoms with E-state index in [-0.39, 0.29) is 12.5 Å². The number of nitrogens with two attached hydrogens (primary N) is 1. The van der Waals surface area contributed by atoms with Crippen LogP contribution in [0.1, 0.15) is 16.1 Å². The number of rotatable bonds is 4. The molecule has 8 heteroatoms. The summed E-state index contributed by atoms with van der Waals surface area (Å²) in [5.74, 6) is 0.360. The van der Waals surface area contributed by atoms with E-state index in [0.29, 0.717) is 11.3 Å². The third-order valence-electron chi connectivity index (χ3n) is 4.03. The van der Waals surface area contributed by atoms with E-state index in [1.807, 2.05) is 18.2 Å². The smallest absolute Gasteiger partial charge is 0.258 e. The molecule has 1 fully saturated rings. The van der Waals surface area contributed by atoms with Crippen LogP contribution in [-0.4, -0.2) is 37.2 Å². The molecule has 2 aromatic heterocycles. The summed E-state index contributed by atoms with van der Waals surface area (Å²) in [4.78, 5) is 19.2. The molecule has 1 saturated heterocycles. The van der Waals surface area contributed by atoms with Crippen molar-refractivity contribution in [3.05, 3.63) is 41.9 Å². The second-order valence-electron chi connectivity index (χ2n) is 5.74. The Morgan fingerprint density at radius 3 is 2.92 bits per heavy atom. The number of furan rings is 1. The van der Waals surface area contributed by atoms with Crippen LogP contribution in [0.25, 0.3) is 10.2 Å². The van der Waals surface area contributed by atoms with E-state index < -0.39 is 0 Å². The number of anilines is 2. The highest BCUT2D eigenvalue weighted by atomic mass is 32.1. The van der Waals surface area contributed by atoms with Gasteiger partial charge in [0.05, 0.1) is 35.5 Å². The number of carbonyl (C=O) groups is 1. The van der Waals surface area contributed by atoms with E-state index >= 15 is 0 Å². The van der Waals surface area contributed by atoms with Crippen molar-refractivity contribution in [2.75, 3.05) is 36.5 Å². The fraction of sp³-hybridized carbons (Fsp3) is 0.294. The number of nitrogens with one attached hydrogen (secondary N) is 1. The summed E-state index contributed by atoms with van der Waals surface area (Å²) in [5, 5.41) is 3.87. The number of benzene rings is 1. The zero-order valence-electron chi connectivity index (χ0n) is 13.5. The molecule has 3 heterocycles. The molecule has 1 aliphatic rings. The molecule has 1 aromatic carbocycles. The van der Waals surface area contributed by atoms with E-state index in [0.717, 1.165) is 47.3 Å². The van der Waals surface area contributed by atoms with Crippen molar-refractivity contribution in [2.24, 2.45) is 5.73 Å². The second kappa shape index (κ2) is 6.83. The summed E-state index contributed by atoms with van der Waals surface area (Å²) in [5.41, 5.74) is 7.61. The topological polar surface area (TPSA) is 93.6 Å². The number of morpholine rings is 1. The number of hydrogen-bond donors (Lipinski definition) is 2. The van der Waals surface area contributed by atoms with Crippen LogP contribution in [0.2, 0.25) is 0 Å². The van der Waals surface area contributed by atoms with Gasteiger partial charge in [-0.1, -0.05) is 11.3 Å². The molecule has 0 atom stereocenters. The molecule has 0 radical (unpaired) electrons. The highest BCUT2D eigenvalue weighted by Gasteiger charge is 2.16. The van der Waals surface area contributed by atoms with Crippen LogP contribution in [0.15, 0.2) is 34.9 Å². The Morgan fingerprint density at radius 2 is 2.16 bits per heavy atom. The van der Waals surface area contributed by atoms with Gasteiger partial charge in [0.2, 0.25) is 0 Å². The first-order chi connectivity index (χ1) is 12.2. The normalized spacial score (nSPS) is 14.8.